The molecule has 1 aromatic rings. The Morgan fingerprint density at radius 1 is 1.00 bits per heavy atom. The number of benzene rings is 1. The second kappa shape index (κ2) is 7.31. The first-order valence-corrected chi connectivity index (χ1v) is 9.41. The average molecular weight is 359 g/mol. The molecule has 26 heavy (non-hydrogen) atoms. The van der Waals surface area contributed by atoms with Gasteiger partial charge in [-0.15, -0.1) is 0 Å². The van der Waals surface area contributed by atoms with E-state index in [1.54, 1.807) is 21.3 Å². The molecule has 1 radical (unpaired) electrons. The van der Waals surface area contributed by atoms with Gasteiger partial charge in [0.15, 0.2) is 0 Å². The van der Waals surface area contributed by atoms with Gasteiger partial charge in [-0.05, 0) is 73.7 Å². The fraction of sp³-hybridized carbons (Fsp3) is 0.700. The Morgan fingerprint density at radius 2 is 1.50 bits per heavy atom. The third-order valence-electron chi connectivity index (χ3n) is 5.91. The van der Waals surface area contributed by atoms with Crippen molar-refractivity contribution < 1.29 is 19.1 Å². The van der Waals surface area contributed by atoms with Crippen molar-refractivity contribution in [3.8, 4) is 0 Å². The Kier molecular flexibility index (Phi) is 6.04. The molecule has 0 unspecified atom stereocenters. The predicted octanol–water partition coefficient (Wildman–Crippen LogP) is 3.13. The van der Waals surface area contributed by atoms with Gasteiger partial charge in [0, 0.05) is 0 Å². The molecule has 1 aromatic carbocycles. The topological polar surface area (TPSA) is 47.9 Å². The van der Waals surface area contributed by atoms with Crippen molar-refractivity contribution in [3.63, 3.8) is 0 Å². The zero-order valence-corrected chi connectivity index (χ0v) is 17.6. The Morgan fingerprint density at radius 3 is 1.96 bits per heavy atom. The normalized spacial score (nSPS) is 19.7. The van der Waals surface area contributed by atoms with Gasteiger partial charge in [-0.3, -0.25) is 0 Å². The monoisotopic (exact) mass is 359 g/mol. The number of hydrogen-bond acceptors (Lipinski definition) is 4. The molecular weight excluding hydrogens is 326 g/mol. The second-order valence-corrected chi connectivity index (χ2v) is 9.27. The summed E-state index contributed by atoms with van der Waals surface area (Å²) in [5.41, 5.74) is 0.0667. The summed E-state index contributed by atoms with van der Waals surface area (Å²) in [6, 6.07) is 8.25. The van der Waals surface area contributed by atoms with Crippen LogP contribution in [0.3, 0.4) is 0 Å². The van der Waals surface area contributed by atoms with Gasteiger partial charge in [-0.1, -0.05) is 29.7 Å². The van der Waals surface area contributed by atoms with Gasteiger partial charge in [0.2, 0.25) is 0 Å². The smallest absolute Gasteiger partial charge is 0.427 e. The van der Waals surface area contributed by atoms with Crippen LogP contribution in [0.15, 0.2) is 24.3 Å². The summed E-state index contributed by atoms with van der Waals surface area (Å²) in [6.07, 6.45) is 1.73. The second-order valence-electron chi connectivity index (χ2n) is 9.27. The molecule has 0 aromatic heterocycles. The predicted molar refractivity (Wildman–Crippen MR) is 108 cm³/mol. The van der Waals surface area contributed by atoms with E-state index in [-0.39, 0.29) is 18.3 Å². The van der Waals surface area contributed by atoms with Gasteiger partial charge in [0.1, 0.15) is 0 Å². The molecule has 1 aliphatic rings. The van der Waals surface area contributed by atoms with Crippen LogP contribution in [0.4, 0.5) is 0 Å². The van der Waals surface area contributed by atoms with Gasteiger partial charge >= 0.3 is 14.6 Å². The minimum absolute atomic E-state index is 0.165. The molecule has 0 atom stereocenters. The van der Waals surface area contributed by atoms with Crippen LogP contribution in [-0.2, 0) is 20.4 Å². The van der Waals surface area contributed by atoms with Crippen LogP contribution in [0.1, 0.15) is 61.0 Å². The van der Waals surface area contributed by atoms with Gasteiger partial charge in [-0.2, -0.15) is 0 Å². The lowest BCUT2D eigenvalue weighted by molar-refractivity contribution is -0.0893. The van der Waals surface area contributed by atoms with Crippen LogP contribution in [0.25, 0.3) is 0 Å². The van der Waals surface area contributed by atoms with E-state index in [4.69, 9.17) is 14.0 Å². The molecule has 0 saturated carbocycles. The largest absolute Gasteiger partial charge is 0.458 e. The minimum atomic E-state index is -0.924. The molecule has 1 fully saturated rings. The highest BCUT2D eigenvalue weighted by molar-refractivity contribution is 6.47. The van der Waals surface area contributed by atoms with Crippen LogP contribution in [0.2, 0.25) is 6.32 Å². The molecule has 6 heteroatoms. The molecule has 143 valence electrons. The lowest BCUT2D eigenvalue weighted by atomic mass is 9.80. The van der Waals surface area contributed by atoms with Crippen molar-refractivity contribution in [1.29, 1.82) is 0 Å². The van der Waals surface area contributed by atoms with Gasteiger partial charge in [0.05, 0.1) is 22.4 Å². The summed E-state index contributed by atoms with van der Waals surface area (Å²) in [7, 11) is 1.54. The van der Waals surface area contributed by atoms with Crippen molar-refractivity contribution in [3.05, 3.63) is 29.8 Å². The van der Waals surface area contributed by atoms with Gasteiger partial charge in [-0.25, -0.2) is 0 Å². The molecule has 1 N–H and O–H groups in total. The summed E-state index contributed by atoms with van der Waals surface area (Å²) in [6.45, 7) is 15.6. The molecule has 1 saturated heterocycles. The molecule has 1 aliphatic heterocycles. The van der Waals surface area contributed by atoms with Crippen molar-refractivity contribution in [2.45, 2.75) is 90.5 Å². The van der Waals surface area contributed by atoms with Gasteiger partial charge < -0.3 is 19.1 Å². The molecular formula is C20H33B2O4. The molecule has 4 nitrogen and oxygen atoms in total. The Hall–Kier alpha value is -0.810. The summed E-state index contributed by atoms with van der Waals surface area (Å²) < 4.78 is 17.9. The van der Waals surface area contributed by atoms with E-state index in [1.165, 1.54) is 5.56 Å². The van der Waals surface area contributed by atoms with E-state index in [0.717, 1.165) is 18.2 Å². The third kappa shape index (κ3) is 4.92. The van der Waals surface area contributed by atoms with E-state index in [0.29, 0.717) is 0 Å². The maximum absolute atomic E-state index is 10.1. The van der Waals surface area contributed by atoms with Crippen LogP contribution in [-0.4, -0.2) is 42.1 Å². The highest BCUT2D eigenvalue weighted by Crippen LogP contribution is 2.37. The third-order valence-corrected chi connectivity index (χ3v) is 5.91. The first kappa shape index (κ1) is 21.5. The first-order chi connectivity index (χ1) is 11.7. The Labute approximate surface area is 160 Å². The SMILES string of the molecule is CC(C)(O)C(C)(C)O[B]c1ccc(CCB2OC(C)(C)C(C)(C)O2)cc1. The zero-order valence-electron chi connectivity index (χ0n) is 17.6. The number of aliphatic hydroxyl groups is 1. The lowest BCUT2D eigenvalue weighted by Crippen LogP contribution is -2.49. The standard InChI is InChI=1S/C20H33B2O4/c1-17(2,23)18(3,4)24-21-16-11-9-15(10-12-16)13-14-22-25-19(5,6)20(7,8)26-22/h9-12,23H,13-14H2,1-8H3. The quantitative estimate of drug-likeness (QED) is 0.760. The van der Waals surface area contributed by atoms with Crippen LogP contribution < -0.4 is 5.46 Å². The lowest BCUT2D eigenvalue weighted by Gasteiger charge is -2.37. The van der Waals surface area contributed by atoms with Crippen molar-refractivity contribution in [2.24, 2.45) is 0 Å². The number of aryl methyl sites for hydroxylation is 1. The Balaban J connectivity index is 1.85. The van der Waals surface area contributed by atoms with E-state index < -0.39 is 11.2 Å². The fourth-order valence-corrected chi connectivity index (χ4v) is 2.49. The van der Waals surface area contributed by atoms with Crippen molar-refractivity contribution in [1.82, 2.24) is 0 Å². The molecule has 0 bridgehead atoms. The highest BCUT2D eigenvalue weighted by atomic mass is 16.7. The summed E-state index contributed by atoms with van der Waals surface area (Å²) >= 11 is 0. The van der Waals surface area contributed by atoms with Crippen LogP contribution >= 0.6 is 0 Å². The van der Waals surface area contributed by atoms with Crippen LogP contribution in [0.5, 0.6) is 0 Å². The molecule has 2 rings (SSSR count). The molecule has 1 heterocycles. The maximum atomic E-state index is 10.1. The van der Waals surface area contributed by atoms with E-state index >= 15 is 0 Å². The van der Waals surface area contributed by atoms with E-state index in [2.05, 4.69) is 39.8 Å². The zero-order chi connectivity index (χ0) is 19.8. The fourth-order valence-electron chi connectivity index (χ4n) is 2.49. The average Bonchev–Trinajstić information content (AvgIpc) is 2.70. The van der Waals surface area contributed by atoms with Crippen molar-refractivity contribution >= 4 is 20.1 Å². The first-order valence-electron chi connectivity index (χ1n) is 9.41. The summed E-state index contributed by atoms with van der Waals surface area (Å²) in [5.74, 6) is 0. The maximum Gasteiger partial charge on any atom is 0.458 e. The molecule has 0 spiro atoms. The minimum Gasteiger partial charge on any atom is -0.427 e. The number of rotatable bonds is 7. The highest BCUT2D eigenvalue weighted by Gasteiger charge is 2.50. The van der Waals surface area contributed by atoms with Gasteiger partial charge in [0.25, 0.3) is 0 Å². The molecule has 0 amide bonds. The van der Waals surface area contributed by atoms with Crippen LogP contribution in [0, 0.1) is 0 Å². The number of hydrogen-bond donors (Lipinski definition) is 1. The Bertz CT molecular complexity index is 587. The molecule has 0 aliphatic carbocycles. The van der Waals surface area contributed by atoms with E-state index in [1.807, 2.05) is 26.0 Å². The van der Waals surface area contributed by atoms with Crippen molar-refractivity contribution in [2.75, 3.05) is 0 Å². The summed E-state index contributed by atoms with van der Waals surface area (Å²) in [4.78, 5) is 0. The van der Waals surface area contributed by atoms with E-state index in [9.17, 15) is 5.11 Å². The summed E-state index contributed by atoms with van der Waals surface area (Å²) in [5, 5.41) is 10.1.